The molecule has 2 aromatic heterocycles. The summed E-state index contributed by atoms with van der Waals surface area (Å²) in [5.74, 6) is -1.25. The second-order valence-corrected chi connectivity index (χ2v) is 6.20. The van der Waals surface area contributed by atoms with Gasteiger partial charge in [0.1, 0.15) is 10.7 Å². The quantitative estimate of drug-likeness (QED) is 0.925. The minimum atomic E-state index is -0.778. The minimum absolute atomic E-state index is 0.129. The number of likely N-dealkylation sites (tertiary alicyclic amines) is 1. The van der Waals surface area contributed by atoms with E-state index in [1.165, 1.54) is 11.3 Å². The number of aromatic nitrogens is 3. The summed E-state index contributed by atoms with van der Waals surface area (Å²) in [7, 11) is 1.83. The molecule has 1 fully saturated rings. The molecule has 1 saturated heterocycles. The van der Waals surface area contributed by atoms with E-state index in [0.717, 1.165) is 10.6 Å². The molecule has 2 aromatic rings. The van der Waals surface area contributed by atoms with Gasteiger partial charge in [-0.2, -0.15) is 5.10 Å². The van der Waals surface area contributed by atoms with Crippen LogP contribution in [0.15, 0.2) is 17.8 Å². The van der Waals surface area contributed by atoms with Crippen molar-refractivity contribution in [3.8, 4) is 10.6 Å². The van der Waals surface area contributed by atoms with Crippen molar-refractivity contribution in [3.05, 3.63) is 23.5 Å². The van der Waals surface area contributed by atoms with E-state index >= 15 is 0 Å². The number of rotatable bonds is 3. The van der Waals surface area contributed by atoms with Crippen LogP contribution >= 0.6 is 11.3 Å². The summed E-state index contributed by atoms with van der Waals surface area (Å²) in [6.45, 7) is 0.936. The third-order valence-electron chi connectivity index (χ3n) is 3.81. The number of thiazole rings is 1. The summed E-state index contributed by atoms with van der Waals surface area (Å²) in [5.41, 5.74) is 1.30. The molecule has 1 aliphatic rings. The highest BCUT2D eigenvalue weighted by Crippen LogP contribution is 2.25. The highest BCUT2D eigenvalue weighted by atomic mass is 32.1. The van der Waals surface area contributed by atoms with Gasteiger partial charge in [-0.05, 0) is 12.8 Å². The fourth-order valence-corrected chi connectivity index (χ4v) is 3.30. The molecule has 0 spiro atoms. The van der Waals surface area contributed by atoms with Crippen LogP contribution in [-0.4, -0.2) is 49.7 Å². The number of carboxylic acid groups (broad SMARTS) is 1. The highest BCUT2D eigenvalue weighted by Gasteiger charge is 2.28. The molecule has 3 rings (SSSR count). The van der Waals surface area contributed by atoms with Gasteiger partial charge in [0.05, 0.1) is 12.1 Å². The lowest BCUT2D eigenvalue weighted by molar-refractivity contribution is -0.143. The van der Waals surface area contributed by atoms with E-state index in [4.69, 9.17) is 5.11 Å². The normalized spacial score (nSPS) is 16.0. The first-order valence-corrected chi connectivity index (χ1v) is 7.89. The second kappa shape index (κ2) is 5.88. The summed E-state index contributed by atoms with van der Waals surface area (Å²) in [4.78, 5) is 29.4. The molecular formula is C14H16N4O3S. The fourth-order valence-electron chi connectivity index (χ4n) is 2.53. The van der Waals surface area contributed by atoms with Gasteiger partial charge >= 0.3 is 5.97 Å². The number of piperidine rings is 1. The van der Waals surface area contributed by atoms with E-state index in [1.54, 1.807) is 21.2 Å². The van der Waals surface area contributed by atoms with Gasteiger partial charge in [0.15, 0.2) is 0 Å². The van der Waals surface area contributed by atoms with Crippen LogP contribution in [0.4, 0.5) is 0 Å². The van der Waals surface area contributed by atoms with E-state index < -0.39 is 5.97 Å². The van der Waals surface area contributed by atoms with Gasteiger partial charge in [-0.1, -0.05) is 0 Å². The predicted molar refractivity (Wildman–Crippen MR) is 80.6 cm³/mol. The molecule has 7 nitrogen and oxygen atoms in total. The molecule has 8 heteroatoms. The van der Waals surface area contributed by atoms with Crippen LogP contribution in [0.1, 0.15) is 23.3 Å². The number of amides is 1. The van der Waals surface area contributed by atoms with Crippen LogP contribution in [0, 0.1) is 5.92 Å². The SMILES string of the molecule is Cn1cc(-c2nc(C(=O)N3CCC(C(=O)O)CC3)cs2)cn1. The van der Waals surface area contributed by atoms with Crippen molar-refractivity contribution < 1.29 is 14.7 Å². The van der Waals surface area contributed by atoms with Gasteiger partial charge in [0.2, 0.25) is 0 Å². The molecule has 0 saturated carbocycles. The molecule has 1 amide bonds. The van der Waals surface area contributed by atoms with Crippen LogP contribution in [0.3, 0.4) is 0 Å². The van der Waals surface area contributed by atoms with Gasteiger partial charge in [0, 0.05) is 37.3 Å². The first-order valence-electron chi connectivity index (χ1n) is 7.01. The molecule has 0 radical (unpaired) electrons. The number of hydrogen-bond acceptors (Lipinski definition) is 5. The Hall–Kier alpha value is -2.22. The Morgan fingerprint density at radius 3 is 2.68 bits per heavy atom. The number of carbonyl (C=O) groups is 2. The van der Waals surface area contributed by atoms with Crippen LogP contribution in [0.2, 0.25) is 0 Å². The third kappa shape index (κ3) is 2.87. The van der Waals surface area contributed by atoms with E-state index in [2.05, 4.69) is 10.1 Å². The van der Waals surface area contributed by atoms with Crippen molar-refractivity contribution in [3.63, 3.8) is 0 Å². The van der Waals surface area contributed by atoms with Crippen molar-refractivity contribution in [1.29, 1.82) is 0 Å². The minimum Gasteiger partial charge on any atom is -0.481 e. The lowest BCUT2D eigenvalue weighted by Gasteiger charge is -2.29. The van der Waals surface area contributed by atoms with Gasteiger partial charge in [-0.3, -0.25) is 14.3 Å². The van der Waals surface area contributed by atoms with Gasteiger partial charge in [-0.15, -0.1) is 11.3 Å². The second-order valence-electron chi connectivity index (χ2n) is 5.35. The van der Waals surface area contributed by atoms with Gasteiger partial charge in [-0.25, -0.2) is 4.98 Å². The van der Waals surface area contributed by atoms with Gasteiger partial charge in [0.25, 0.3) is 5.91 Å². The van der Waals surface area contributed by atoms with Crippen molar-refractivity contribution in [2.45, 2.75) is 12.8 Å². The lowest BCUT2D eigenvalue weighted by Crippen LogP contribution is -2.40. The van der Waals surface area contributed by atoms with Crippen molar-refractivity contribution in [2.24, 2.45) is 13.0 Å². The summed E-state index contributed by atoms with van der Waals surface area (Å²) < 4.78 is 1.69. The van der Waals surface area contributed by atoms with E-state index in [-0.39, 0.29) is 11.8 Å². The summed E-state index contributed by atoms with van der Waals surface area (Å²) in [5, 5.41) is 15.6. The van der Waals surface area contributed by atoms with Crippen LogP contribution in [0.25, 0.3) is 10.6 Å². The summed E-state index contributed by atoms with van der Waals surface area (Å²) in [6.07, 6.45) is 4.57. The Labute approximate surface area is 131 Å². The molecule has 0 atom stereocenters. The lowest BCUT2D eigenvalue weighted by atomic mass is 9.97. The number of carboxylic acids is 1. The van der Waals surface area contributed by atoms with Crippen molar-refractivity contribution >= 4 is 23.2 Å². The van der Waals surface area contributed by atoms with Crippen LogP contribution in [0.5, 0.6) is 0 Å². The number of aryl methyl sites for hydroxylation is 1. The Morgan fingerprint density at radius 2 is 2.09 bits per heavy atom. The molecular weight excluding hydrogens is 304 g/mol. The molecule has 22 heavy (non-hydrogen) atoms. The summed E-state index contributed by atoms with van der Waals surface area (Å²) >= 11 is 1.41. The first-order chi connectivity index (χ1) is 10.5. The monoisotopic (exact) mass is 320 g/mol. The maximum atomic E-state index is 12.4. The van der Waals surface area contributed by atoms with Crippen molar-refractivity contribution in [2.75, 3.05) is 13.1 Å². The fraction of sp³-hybridized carbons (Fsp3) is 0.429. The predicted octanol–water partition coefficient (Wildman–Crippen LogP) is 1.48. The standard InChI is InChI=1S/C14H16N4O3S/c1-17-7-10(6-15-17)12-16-11(8-22-12)13(19)18-4-2-9(3-5-18)14(20)21/h6-9H,2-5H2,1H3,(H,20,21). The number of aliphatic carboxylic acids is 1. The maximum Gasteiger partial charge on any atom is 0.306 e. The Kier molecular flexibility index (Phi) is 3.93. The molecule has 0 unspecified atom stereocenters. The number of nitrogens with zero attached hydrogens (tertiary/aromatic N) is 4. The topological polar surface area (TPSA) is 88.3 Å². The third-order valence-corrected chi connectivity index (χ3v) is 4.70. The molecule has 3 heterocycles. The largest absolute Gasteiger partial charge is 0.481 e. The molecule has 0 aromatic carbocycles. The van der Waals surface area contributed by atoms with Gasteiger partial charge < -0.3 is 10.0 Å². The zero-order valence-corrected chi connectivity index (χ0v) is 12.9. The van der Waals surface area contributed by atoms with Crippen molar-refractivity contribution in [1.82, 2.24) is 19.7 Å². The zero-order valence-electron chi connectivity index (χ0n) is 12.1. The van der Waals surface area contributed by atoms with Crippen LogP contribution in [-0.2, 0) is 11.8 Å². The van der Waals surface area contributed by atoms with E-state index in [9.17, 15) is 9.59 Å². The Balaban J connectivity index is 1.69. The van der Waals surface area contributed by atoms with E-state index in [0.29, 0.717) is 31.6 Å². The first kappa shape index (κ1) is 14.7. The van der Waals surface area contributed by atoms with E-state index in [1.807, 2.05) is 13.2 Å². The average Bonchev–Trinajstić information content (AvgIpc) is 3.15. The Bertz CT molecular complexity index is 701. The maximum absolute atomic E-state index is 12.4. The summed E-state index contributed by atoms with van der Waals surface area (Å²) in [6, 6.07) is 0. The average molecular weight is 320 g/mol. The molecule has 0 bridgehead atoms. The zero-order chi connectivity index (χ0) is 15.7. The molecule has 116 valence electrons. The smallest absolute Gasteiger partial charge is 0.306 e. The highest BCUT2D eigenvalue weighted by molar-refractivity contribution is 7.13. The number of hydrogen-bond donors (Lipinski definition) is 1. The Morgan fingerprint density at radius 1 is 1.36 bits per heavy atom. The number of carbonyl (C=O) groups excluding carboxylic acids is 1. The molecule has 1 N–H and O–H groups in total. The van der Waals surface area contributed by atoms with Crippen LogP contribution < -0.4 is 0 Å². The molecule has 0 aliphatic carbocycles. The molecule has 1 aliphatic heterocycles.